The van der Waals surface area contributed by atoms with Crippen LogP contribution in [0.3, 0.4) is 0 Å². The van der Waals surface area contributed by atoms with Crippen LogP contribution in [0.2, 0.25) is 0 Å². The second kappa shape index (κ2) is 6.73. The Labute approximate surface area is 147 Å². The van der Waals surface area contributed by atoms with Crippen LogP contribution in [0.15, 0.2) is 46.9 Å². The lowest BCUT2D eigenvalue weighted by atomic mass is 10.2. The number of ether oxygens (including phenoxy) is 1. The number of esters is 1. The maximum atomic E-state index is 13.7. The van der Waals surface area contributed by atoms with Gasteiger partial charge in [-0.2, -0.15) is 0 Å². The number of benzene rings is 2. The lowest BCUT2D eigenvalue weighted by molar-refractivity contribution is -0.117. The van der Waals surface area contributed by atoms with E-state index in [1.165, 1.54) is 18.2 Å². The topological polar surface area (TPSA) is 55.4 Å². The van der Waals surface area contributed by atoms with Crippen molar-refractivity contribution in [2.45, 2.75) is 13.3 Å². The molecule has 1 N–H and O–H groups in total. The molecule has 0 radical (unpaired) electrons. The summed E-state index contributed by atoms with van der Waals surface area (Å²) < 4.78 is 19.4. The third-order valence-corrected chi connectivity index (χ3v) is 4.40. The number of hydrogen-bond donors (Lipinski definition) is 1. The van der Waals surface area contributed by atoms with Gasteiger partial charge < -0.3 is 10.1 Å². The summed E-state index contributed by atoms with van der Waals surface area (Å²) in [5, 5.41) is 2.79. The lowest BCUT2D eigenvalue weighted by Crippen LogP contribution is -2.15. The van der Waals surface area contributed by atoms with Gasteiger partial charge in [0.05, 0.1) is 5.56 Å². The molecule has 0 heterocycles. The highest BCUT2D eigenvalue weighted by Gasteiger charge is 2.39. The molecule has 2 atom stereocenters. The minimum atomic E-state index is -0.688. The van der Waals surface area contributed by atoms with Crippen molar-refractivity contribution in [2.75, 3.05) is 5.32 Å². The van der Waals surface area contributed by atoms with Gasteiger partial charge in [-0.1, -0.05) is 28.9 Å². The summed E-state index contributed by atoms with van der Waals surface area (Å²) in [7, 11) is 0. The fourth-order valence-electron chi connectivity index (χ4n) is 2.36. The number of carbonyl (C=O) groups excluding carboxylic acids is 2. The van der Waals surface area contributed by atoms with Crippen LogP contribution >= 0.6 is 15.9 Å². The largest absolute Gasteiger partial charge is 0.420 e. The van der Waals surface area contributed by atoms with Crippen LogP contribution in [-0.2, 0) is 4.79 Å². The molecule has 0 aromatic heterocycles. The molecule has 0 aliphatic heterocycles. The van der Waals surface area contributed by atoms with E-state index >= 15 is 0 Å². The summed E-state index contributed by atoms with van der Waals surface area (Å²) in [6, 6.07) is 10.6. The van der Waals surface area contributed by atoms with Gasteiger partial charge in [0, 0.05) is 16.1 Å². The highest BCUT2D eigenvalue weighted by Crippen LogP contribution is 2.38. The van der Waals surface area contributed by atoms with Crippen molar-refractivity contribution in [2.24, 2.45) is 11.8 Å². The molecule has 1 amide bonds. The summed E-state index contributed by atoms with van der Waals surface area (Å²) in [6.45, 7) is 2.02. The van der Waals surface area contributed by atoms with E-state index in [0.29, 0.717) is 16.1 Å². The van der Waals surface area contributed by atoms with Crippen LogP contribution in [0.5, 0.6) is 5.75 Å². The quantitative estimate of drug-likeness (QED) is 0.620. The van der Waals surface area contributed by atoms with Gasteiger partial charge in [-0.05, 0) is 48.7 Å². The molecule has 2 unspecified atom stereocenters. The Kier molecular flexibility index (Phi) is 4.66. The number of anilines is 1. The molecule has 6 heteroatoms. The van der Waals surface area contributed by atoms with Gasteiger partial charge in [-0.25, -0.2) is 9.18 Å². The van der Waals surface area contributed by atoms with Crippen molar-refractivity contribution in [3.63, 3.8) is 0 Å². The zero-order valence-corrected chi connectivity index (χ0v) is 14.5. The Morgan fingerprint density at radius 3 is 2.67 bits per heavy atom. The number of hydrogen-bond acceptors (Lipinski definition) is 3. The Balaban J connectivity index is 1.70. The second-order valence-electron chi connectivity index (χ2n) is 5.85. The van der Waals surface area contributed by atoms with E-state index < -0.39 is 11.8 Å². The Morgan fingerprint density at radius 2 is 2.00 bits per heavy atom. The summed E-state index contributed by atoms with van der Waals surface area (Å²) in [5.41, 5.74) is 0.754. The molecule has 0 saturated heterocycles. The summed E-state index contributed by atoms with van der Waals surface area (Å²) >= 11 is 3.14. The van der Waals surface area contributed by atoms with Crippen LogP contribution in [-0.4, -0.2) is 11.9 Å². The Morgan fingerprint density at radius 1 is 1.25 bits per heavy atom. The Bertz CT molecular complexity index is 809. The molecule has 1 saturated carbocycles. The van der Waals surface area contributed by atoms with Crippen molar-refractivity contribution < 1.29 is 18.7 Å². The normalized spacial score (nSPS) is 18.8. The number of nitrogens with one attached hydrogen (secondary N) is 1. The van der Waals surface area contributed by atoms with Crippen molar-refractivity contribution in [3.8, 4) is 5.75 Å². The predicted molar refractivity (Wildman–Crippen MR) is 91.4 cm³/mol. The number of amides is 1. The van der Waals surface area contributed by atoms with Crippen LogP contribution in [0.1, 0.15) is 23.7 Å². The fraction of sp³-hybridized carbons (Fsp3) is 0.222. The van der Waals surface area contributed by atoms with Crippen molar-refractivity contribution in [3.05, 3.63) is 58.3 Å². The molecule has 0 bridgehead atoms. The fourth-order valence-corrected chi connectivity index (χ4v) is 2.70. The Hall–Kier alpha value is -2.21. The van der Waals surface area contributed by atoms with Crippen molar-refractivity contribution in [1.82, 2.24) is 0 Å². The summed E-state index contributed by atoms with van der Waals surface area (Å²) in [6.07, 6.45) is 0.885. The zero-order valence-electron chi connectivity index (χ0n) is 12.9. The van der Waals surface area contributed by atoms with Crippen LogP contribution in [0, 0.1) is 17.7 Å². The van der Waals surface area contributed by atoms with Crippen LogP contribution < -0.4 is 10.1 Å². The van der Waals surface area contributed by atoms with E-state index in [4.69, 9.17) is 4.74 Å². The molecule has 4 nitrogen and oxygen atoms in total. The van der Waals surface area contributed by atoms with Crippen molar-refractivity contribution in [1.29, 1.82) is 0 Å². The molecule has 1 aliphatic rings. The first-order chi connectivity index (χ1) is 11.4. The standard InChI is InChI=1S/C18H15BrFNO3/c1-10-7-14(10)17(22)21-13-4-2-3-11(8-13)18(23)24-16-6-5-12(19)9-15(16)20/h2-6,8-10,14H,7H2,1H3,(H,21,22). The minimum Gasteiger partial charge on any atom is -0.420 e. The molecule has 2 aromatic rings. The summed E-state index contributed by atoms with van der Waals surface area (Å²) in [4.78, 5) is 24.1. The number of rotatable bonds is 4. The van der Waals surface area contributed by atoms with Gasteiger partial charge in [-0.15, -0.1) is 0 Å². The minimum absolute atomic E-state index is 0.0393. The van der Waals surface area contributed by atoms with E-state index in [-0.39, 0.29) is 23.1 Å². The first-order valence-corrected chi connectivity index (χ1v) is 8.31. The number of halogens is 2. The lowest BCUT2D eigenvalue weighted by Gasteiger charge is -2.08. The van der Waals surface area contributed by atoms with Gasteiger partial charge in [0.15, 0.2) is 11.6 Å². The molecule has 0 spiro atoms. The smallest absolute Gasteiger partial charge is 0.343 e. The van der Waals surface area contributed by atoms with E-state index in [0.717, 1.165) is 6.42 Å². The van der Waals surface area contributed by atoms with Crippen LogP contribution in [0.4, 0.5) is 10.1 Å². The van der Waals surface area contributed by atoms with Crippen LogP contribution in [0.25, 0.3) is 0 Å². The van der Waals surface area contributed by atoms with E-state index in [2.05, 4.69) is 21.2 Å². The third-order valence-electron chi connectivity index (χ3n) is 3.91. The molecule has 3 rings (SSSR count). The maximum Gasteiger partial charge on any atom is 0.343 e. The molecular weight excluding hydrogens is 377 g/mol. The summed E-state index contributed by atoms with van der Waals surface area (Å²) in [5.74, 6) is -1.08. The first kappa shape index (κ1) is 16.6. The highest BCUT2D eigenvalue weighted by atomic mass is 79.9. The monoisotopic (exact) mass is 391 g/mol. The molecular formula is C18H15BrFNO3. The predicted octanol–water partition coefficient (Wildman–Crippen LogP) is 4.40. The van der Waals surface area contributed by atoms with Crippen molar-refractivity contribution >= 4 is 33.5 Å². The second-order valence-corrected chi connectivity index (χ2v) is 6.77. The number of carbonyl (C=O) groups is 2. The van der Waals surface area contributed by atoms with Gasteiger partial charge >= 0.3 is 5.97 Å². The van der Waals surface area contributed by atoms with Gasteiger partial charge in [-0.3, -0.25) is 4.79 Å². The molecule has 1 fully saturated rings. The molecule has 24 heavy (non-hydrogen) atoms. The average molecular weight is 392 g/mol. The van der Waals surface area contributed by atoms with E-state index in [1.807, 2.05) is 6.92 Å². The van der Waals surface area contributed by atoms with Gasteiger partial charge in [0.1, 0.15) is 0 Å². The van der Waals surface area contributed by atoms with E-state index in [9.17, 15) is 14.0 Å². The average Bonchev–Trinajstić information content (AvgIpc) is 3.27. The third kappa shape index (κ3) is 3.82. The molecule has 124 valence electrons. The zero-order chi connectivity index (χ0) is 17.3. The molecule has 2 aromatic carbocycles. The molecule has 1 aliphatic carbocycles. The van der Waals surface area contributed by atoms with Gasteiger partial charge in [0.25, 0.3) is 0 Å². The first-order valence-electron chi connectivity index (χ1n) is 7.52. The maximum absolute atomic E-state index is 13.7. The SMILES string of the molecule is CC1CC1C(=O)Nc1cccc(C(=O)Oc2ccc(Br)cc2F)c1. The highest BCUT2D eigenvalue weighted by molar-refractivity contribution is 9.10. The van der Waals surface area contributed by atoms with Gasteiger partial charge in [0.2, 0.25) is 5.91 Å². The van der Waals surface area contributed by atoms with E-state index in [1.54, 1.807) is 24.3 Å².